The zero-order valence-electron chi connectivity index (χ0n) is 19.7. The highest BCUT2D eigenvalue weighted by molar-refractivity contribution is 7.98. The lowest BCUT2D eigenvalue weighted by molar-refractivity contribution is -0.140. The summed E-state index contributed by atoms with van der Waals surface area (Å²) in [5.41, 5.74) is 1.15. The van der Waals surface area contributed by atoms with Crippen molar-refractivity contribution in [1.29, 1.82) is 0 Å². The van der Waals surface area contributed by atoms with Gasteiger partial charge in [0.1, 0.15) is 21.0 Å². The van der Waals surface area contributed by atoms with Gasteiger partial charge in [0.2, 0.25) is 4.21 Å². The van der Waals surface area contributed by atoms with Crippen LogP contribution < -0.4 is 0 Å². The van der Waals surface area contributed by atoms with Crippen molar-refractivity contribution in [2.75, 3.05) is 0 Å². The third-order valence-electron chi connectivity index (χ3n) is 5.30. The van der Waals surface area contributed by atoms with E-state index in [0.29, 0.717) is 12.1 Å². The largest absolute Gasteiger partial charge is 0.744 e. The van der Waals surface area contributed by atoms with E-state index in [0.717, 1.165) is 12.1 Å². The van der Waals surface area contributed by atoms with Gasteiger partial charge < -0.3 is 4.55 Å². The number of rotatable bonds is 5. The van der Waals surface area contributed by atoms with Gasteiger partial charge in [-0.2, -0.15) is 13.2 Å². The summed E-state index contributed by atoms with van der Waals surface area (Å²) in [7, 11) is -5.14. The second kappa shape index (κ2) is 12.0. The summed E-state index contributed by atoms with van der Waals surface area (Å²) in [4.78, 5) is 1.49. The molecular formula is C29H21F3O3S3. The Morgan fingerprint density at radius 3 is 1.61 bits per heavy atom. The van der Waals surface area contributed by atoms with Crippen LogP contribution in [0.4, 0.5) is 13.2 Å². The van der Waals surface area contributed by atoms with Gasteiger partial charge in [0.25, 0.3) is 0 Å². The fourth-order valence-electron chi connectivity index (χ4n) is 3.61. The minimum atomic E-state index is -5.09. The summed E-state index contributed by atoms with van der Waals surface area (Å²) in [6.45, 7) is 0. The zero-order valence-corrected chi connectivity index (χ0v) is 22.2. The van der Waals surface area contributed by atoms with Crippen LogP contribution in [0.1, 0.15) is 5.56 Å². The first kappa shape index (κ1) is 27.7. The lowest BCUT2D eigenvalue weighted by atomic mass is 10.1. The molecule has 1 heterocycles. The van der Waals surface area contributed by atoms with E-state index in [2.05, 4.69) is 102 Å². The molecule has 0 atom stereocenters. The quantitative estimate of drug-likeness (QED) is 0.158. The number of hydrogen-bond donors (Lipinski definition) is 0. The Hall–Kier alpha value is -3.37. The molecule has 0 aliphatic heterocycles. The topological polar surface area (TPSA) is 57.2 Å². The van der Waals surface area contributed by atoms with Crippen LogP contribution in [-0.4, -0.2) is 13.0 Å². The Bertz CT molecular complexity index is 1530. The van der Waals surface area contributed by atoms with Crippen molar-refractivity contribution in [3.63, 3.8) is 0 Å². The lowest BCUT2D eigenvalue weighted by Gasteiger charge is -2.14. The van der Waals surface area contributed by atoms with E-state index in [1.807, 2.05) is 11.3 Å². The maximum atomic E-state index is 12.2. The van der Waals surface area contributed by atoms with Crippen LogP contribution in [-0.2, 0) is 27.2 Å². The van der Waals surface area contributed by atoms with E-state index >= 15 is 0 Å². The Morgan fingerprint density at radius 1 is 0.658 bits per heavy atom. The minimum absolute atomic E-state index is 0.0491. The molecular weight excluding hydrogens is 550 g/mol. The molecule has 0 bridgehead atoms. The number of benzene rings is 4. The highest BCUT2D eigenvalue weighted by Gasteiger charge is 2.34. The number of halogens is 3. The highest BCUT2D eigenvalue weighted by Crippen LogP contribution is 2.37. The standard InChI is InChI=1S/C22H17S2.C7H5F3O3S/c1-4-10-18(11-5-1)19-16-22(23-17-19)24(20-12-6-2-7-13-20)21-14-8-3-9-15-21;8-7(9,10)5-3-1-2-4-6(5)14(11,12)13/h1-17H;1-4H,(H,11,12,13)/q+1;/p-1. The Labute approximate surface area is 226 Å². The normalized spacial score (nSPS) is 11.6. The van der Waals surface area contributed by atoms with E-state index < -0.39 is 26.8 Å². The molecule has 0 aliphatic carbocycles. The third-order valence-corrected chi connectivity index (χ3v) is 9.72. The van der Waals surface area contributed by atoms with Gasteiger partial charge in [0, 0.05) is 11.4 Å². The maximum Gasteiger partial charge on any atom is 0.417 e. The van der Waals surface area contributed by atoms with Gasteiger partial charge in [-0.3, -0.25) is 0 Å². The molecule has 5 rings (SSSR count). The molecule has 194 valence electrons. The minimum Gasteiger partial charge on any atom is -0.744 e. The predicted molar refractivity (Wildman–Crippen MR) is 144 cm³/mol. The summed E-state index contributed by atoms with van der Waals surface area (Å²) in [5.74, 6) is 0. The van der Waals surface area contributed by atoms with Gasteiger partial charge in [0.05, 0.1) is 10.5 Å². The number of thiophene rings is 1. The van der Waals surface area contributed by atoms with Crippen molar-refractivity contribution < 1.29 is 26.1 Å². The Morgan fingerprint density at radius 2 is 1.13 bits per heavy atom. The van der Waals surface area contributed by atoms with E-state index in [1.165, 1.54) is 25.1 Å². The second-order valence-electron chi connectivity index (χ2n) is 7.90. The number of alkyl halides is 3. The van der Waals surface area contributed by atoms with Crippen molar-refractivity contribution in [3.8, 4) is 11.1 Å². The highest BCUT2D eigenvalue weighted by atomic mass is 32.2. The van der Waals surface area contributed by atoms with E-state index in [9.17, 15) is 26.1 Å². The van der Waals surface area contributed by atoms with Crippen LogP contribution in [0, 0.1) is 0 Å². The molecule has 0 N–H and O–H groups in total. The molecule has 0 saturated heterocycles. The van der Waals surface area contributed by atoms with Crippen molar-refractivity contribution in [1.82, 2.24) is 0 Å². The van der Waals surface area contributed by atoms with Gasteiger partial charge in [-0.1, -0.05) is 90.2 Å². The van der Waals surface area contributed by atoms with Gasteiger partial charge in [0.15, 0.2) is 9.79 Å². The smallest absolute Gasteiger partial charge is 0.417 e. The average molecular weight is 571 g/mol. The second-order valence-corrected chi connectivity index (χ2v) is 12.4. The SMILES string of the molecule is O=S(=O)([O-])c1ccccc1C(F)(F)F.c1ccc(-c2csc([S+](c3ccccc3)c3ccccc3)c2)cc1. The molecule has 0 aliphatic rings. The first-order chi connectivity index (χ1) is 18.1. The van der Waals surface area contributed by atoms with Crippen LogP contribution in [0.3, 0.4) is 0 Å². The van der Waals surface area contributed by atoms with Crippen LogP contribution in [0.2, 0.25) is 0 Å². The Balaban J connectivity index is 0.000000206. The monoisotopic (exact) mass is 570 g/mol. The fraction of sp³-hybridized carbons (Fsp3) is 0.0345. The maximum absolute atomic E-state index is 12.2. The van der Waals surface area contributed by atoms with Crippen LogP contribution in [0.5, 0.6) is 0 Å². The van der Waals surface area contributed by atoms with Gasteiger partial charge in [-0.15, -0.1) is 0 Å². The fourth-order valence-corrected chi connectivity index (χ4v) is 7.89. The Kier molecular flexibility index (Phi) is 8.73. The van der Waals surface area contributed by atoms with Gasteiger partial charge in [-0.05, 0) is 47.5 Å². The summed E-state index contributed by atoms with van der Waals surface area (Å²) < 4.78 is 69.3. The van der Waals surface area contributed by atoms with Gasteiger partial charge in [-0.25, -0.2) is 8.42 Å². The lowest BCUT2D eigenvalue weighted by Crippen LogP contribution is -2.12. The molecule has 4 aromatic carbocycles. The first-order valence-corrected chi connectivity index (χ1v) is 14.8. The summed E-state index contributed by atoms with van der Waals surface area (Å²) in [5, 5.41) is 2.27. The summed E-state index contributed by atoms with van der Waals surface area (Å²) in [6.07, 6.45) is -4.84. The van der Waals surface area contributed by atoms with Crippen molar-refractivity contribution in [3.05, 3.63) is 132 Å². The molecule has 0 radical (unpaired) electrons. The predicted octanol–water partition coefficient (Wildman–Crippen LogP) is 8.12. The molecule has 0 amide bonds. The van der Waals surface area contributed by atoms with Gasteiger partial charge >= 0.3 is 6.18 Å². The molecule has 1 aromatic heterocycles. The van der Waals surface area contributed by atoms with Crippen molar-refractivity contribution in [2.24, 2.45) is 0 Å². The zero-order chi connectivity index (χ0) is 27.2. The molecule has 0 fully saturated rings. The molecule has 0 spiro atoms. The molecule has 3 nitrogen and oxygen atoms in total. The summed E-state index contributed by atoms with van der Waals surface area (Å²) >= 11 is 1.85. The van der Waals surface area contributed by atoms with Crippen LogP contribution >= 0.6 is 11.3 Å². The van der Waals surface area contributed by atoms with Crippen molar-refractivity contribution in [2.45, 2.75) is 25.1 Å². The molecule has 0 saturated carbocycles. The molecule has 9 heteroatoms. The molecule has 5 aromatic rings. The number of hydrogen-bond acceptors (Lipinski definition) is 4. The van der Waals surface area contributed by atoms with E-state index in [-0.39, 0.29) is 10.9 Å². The first-order valence-electron chi connectivity index (χ1n) is 11.2. The summed E-state index contributed by atoms with van der Waals surface area (Å²) in [6, 6.07) is 37.8. The third kappa shape index (κ3) is 6.93. The average Bonchev–Trinajstić information content (AvgIpc) is 3.40. The van der Waals surface area contributed by atoms with Crippen LogP contribution in [0.15, 0.2) is 146 Å². The van der Waals surface area contributed by atoms with E-state index in [1.54, 1.807) is 0 Å². The van der Waals surface area contributed by atoms with Crippen LogP contribution in [0.25, 0.3) is 11.1 Å². The molecule has 0 unspecified atom stereocenters. The van der Waals surface area contributed by atoms with E-state index in [4.69, 9.17) is 0 Å². The van der Waals surface area contributed by atoms with Crippen molar-refractivity contribution >= 4 is 32.3 Å². The molecule has 38 heavy (non-hydrogen) atoms.